The van der Waals surface area contributed by atoms with E-state index in [1.54, 1.807) is 6.08 Å². The fourth-order valence-electron chi connectivity index (χ4n) is 3.85. The SMILES string of the molecule is O=C(/C=C/c1ccc(OCc2cn3ccccc3n2)cc1)N1CCc2ccccc2C1. The van der Waals surface area contributed by atoms with Crippen LogP contribution in [0.25, 0.3) is 11.7 Å². The molecule has 0 N–H and O–H groups in total. The average molecular weight is 409 g/mol. The number of aromatic nitrogens is 2. The van der Waals surface area contributed by atoms with Crippen LogP contribution in [0.1, 0.15) is 22.4 Å². The quantitative estimate of drug-likeness (QED) is 0.456. The molecule has 5 rings (SSSR count). The summed E-state index contributed by atoms with van der Waals surface area (Å²) in [5, 5.41) is 0. The van der Waals surface area contributed by atoms with Crippen molar-refractivity contribution in [1.29, 1.82) is 0 Å². The van der Waals surface area contributed by atoms with Gasteiger partial charge in [-0.15, -0.1) is 0 Å². The number of nitrogens with zero attached hydrogens (tertiary/aromatic N) is 3. The third-order valence-electron chi connectivity index (χ3n) is 5.54. The maximum absolute atomic E-state index is 12.6. The number of benzene rings is 2. The molecule has 0 saturated carbocycles. The molecular formula is C26H23N3O2. The molecule has 1 amide bonds. The molecule has 31 heavy (non-hydrogen) atoms. The summed E-state index contributed by atoms with van der Waals surface area (Å²) in [5.41, 5.74) is 5.33. The number of carbonyl (C=O) groups is 1. The van der Waals surface area contributed by atoms with Crippen LogP contribution < -0.4 is 4.74 Å². The van der Waals surface area contributed by atoms with Gasteiger partial charge in [0.2, 0.25) is 5.91 Å². The van der Waals surface area contributed by atoms with Gasteiger partial charge in [-0.2, -0.15) is 0 Å². The van der Waals surface area contributed by atoms with Crippen molar-refractivity contribution in [3.8, 4) is 5.75 Å². The number of fused-ring (bicyclic) bond motifs is 2. The minimum absolute atomic E-state index is 0.0432. The number of hydrogen-bond acceptors (Lipinski definition) is 3. The summed E-state index contributed by atoms with van der Waals surface area (Å²) < 4.78 is 7.83. The molecule has 0 radical (unpaired) electrons. The number of hydrogen-bond donors (Lipinski definition) is 0. The summed E-state index contributed by atoms with van der Waals surface area (Å²) in [6, 6.07) is 22.0. The van der Waals surface area contributed by atoms with Gasteiger partial charge in [0.05, 0.1) is 5.69 Å². The molecule has 0 bridgehead atoms. The molecule has 154 valence electrons. The molecule has 0 fully saturated rings. The molecule has 0 spiro atoms. The second-order valence-electron chi connectivity index (χ2n) is 7.67. The summed E-state index contributed by atoms with van der Waals surface area (Å²) in [5.74, 6) is 0.815. The highest BCUT2D eigenvalue weighted by Gasteiger charge is 2.18. The van der Waals surface area contributed by atoms with Crippen molar-refractivity contribution in [2.45, 2.75) is 19.6 Å². The van der Waals surface area contributed by atoms with Crippen molar-refractivity contribution in [2.24, 2.45) is 0 Å². The Balaban J connectivity index is 1.17. The normalized spacial score (nSPS) is 13.5. The lowest BCUT2D eigenvalue weighted by atomic mass is 10.00. The fraction of sp³-hybridized carbons (Fsp3) is 0.154. The third kappa shape index (κ3) is 4.36. The van der Waals surface area contributed by atoms with Crippen LogP contribution in [-0.2, 0) is 24.4 Å². The van der Waals surface area contributed by atoms with Gasteiger partial charge in [-0.1, -0.05) is 42.5 Å². The molecular weight excluding hydrogens is 386 g/mol. The van der Waals surface area contributed by atoms with E-state index in [1.807, 2.05) is 76.3 Å². The van der Waals surface area contributed by atoms with Crippen LogP contribution in [0, 0.1) is 0 Å². The molecule has 0 aliphatic carbocycles. The van der Waals surface area contributed by atoms with Crippen molar-refractivity contribution in [3.63, 3.8) is 0 Å². The van der Waals surface area contributed by atoms with Crippen LogP contribution in [0.15, 0.2) is 85.2 Å². The van der Waals surface area contributed by atoms with Crippen molar-refractivity contribution in [2.75, 3.05) is 6.54 Å². The first kappa shape index (κ1) is 19.1. The van der Waals surface area contributed by atoms with Gasteiger partial charge in [0.25, 0.3) is 0 Å². The molecule has 0 unspecified atom stereocenters. The largest absolute Gasteiger partial charge is 0.487 e. The minimum Gasteiger partial charge on any atom is -0.487 e. The highest BCUT2D eigenvalue weighted by molar-refractivity contribution is 5.92. The Hall–Kier alpha value is -3.86. The third-order valence-corrected chi connectivity index (χ3v) is 5.54. The molecule has 3 heterocycles. The molecule has 0 saturated heterocycles. The lowest BCUT2D eigenvalue weighted by molar-refractivity contribution is -0.126. The summed E-state index contributed by atoms with van der Waals surface area (Å²) in [6.45, 7) is 1.84. The monoisotopic (exact) mass is 409 g/mol. The lowest BCUT2D eigenvalue weighted by Gasteiger charge is -2.27. The van der Waals surface area contributed by atoms with Crippen LogP contribution >= 0.6 is 0 Å². The molecule has 0 atom stereocenters. The maximum atomic E-state index is 12.6. The van der Waals surface area contributed by atoms with Crippen LogP contribution in [0.2, 0.25) is 0 Å². The minimum atomic E-state index is 0.0432. The van der Waals surface area contributed by atoms with Gasteiger partial charge in [0, 0.05) is 31.6 Å². The molecule has 1 aliphatic heterocycles. The van der Waals surface area contributed by atoms with Gasteiger partial charge < -0.3 is 14.0 Å². The van der Waals surface area contributed by atoms with E-state index in [-0.39, 0.29) is 5.91 Å². The first-order chi connectivity index (χ1) is 15.2. The van der Waals surface area contributed by atoms with E-state index in [0.717, 1.165) is 35.6 Å². The van der Waals surface area contributed by atoms with Gasteiger partial charge in [-0.3, -0.25) is 4.79 Å². The average Bonchev–Trinajstić information content (AvgIpc) is 3.24. The fourth-order valence-corrected chi connectivity index (χ4v) is 3.85. The number of pyridine rings is 1. The summed E-state index contributed by atoms with van der Waals surface area (Å²) in [7, 11) is 0. The van der Waals surface area contributed by atoms with E-state index in [2.05, 4.69) is 23.2 Å². The maximum Gasteiger partial charge on any atom is 0.246 e. The Morgan fingerprint density at radius 1 is 1.00 bits per heavy atom. The van der Waals surface area contributed by atoms with Crippen molar-refractivity contribution in [1.82, 2.24) is 14.3 Å². The highest BCUT2D eigenvalue weighted by atomic mass is 16.5. The van der Waals surface area contributed by atoms with Crippen molar-refractivity contribution in [3.05, 3.63) is 108 Å². The predicted octanol–water partition coefficient (Wildman–Crippen LogP) is 4.51. The predicted molar refractivity (Wildman–Crippen MR) is 121 cm³/mol. The Kier molecular flexibility index (Phi) is 5.23. The number of amides is 1. The van der Waals surface area contributed by atoms with Crippen LogP contribution in [0.4, 0.5) is 0 Å². The molecule has 1 aliphatic rings. The van der Waals surface area contributed by atoms with E-state index >= 15 is 0 Å². The zero-order valence-electron chi connectivity index (χ0n) is 17.1. The van der Waals surface area contributed by atoms with Gasteiger partial charge in [-0.25, -0.2) is 4.98 Å². The molecule has 5 nitrogen and oxygen atoms in total. The summed E-state index contributed by atoms with van der Waals surface area (Å²) in [6.07, 6.45) is 8.36. The molecule has 2 aromatic heterocycles. The summed E-state index contributed by atoms with van der Waals surface area (Å²) in [4.78, 5) is 19.0. The molecule has 5 heteroatoms. The highest BCUT2D eigenvalue weighted by Crippen LogP contribution is 2.19. The Morgan fingerprint density at radius 3 is 2.65 bits per heavy atom. The standard InChI is InChI=1S/C26H23N3O2/c30-26(29-16-14-21-5-1-2-6-22(21)17-29)13-10-20-8-11-24(12-9-20)31-19-23-18-28-15-4-3-7-25(28)27-23/h1-13,15,18H,14,16-17,19H2/b13-10+. The van der Waals surface area contributed by atoms with E-state index in [4.69, 9.17) is 4.74 Å². The van der Waals surface area contributed by atoms with Crippen molar-refractivity contribution < 1.29 is 9.53 Å². The van der Waals surface area contributed by atoms with Gasteiger partial charge >= 0.3 is 0 Å². The zero-order valence-corrected chi connectivity index (χ0v) is 17.1. The number of rotatable bonds is 5. The second kappa shape index (κ2) is 8.48. The number of carbonyl (C=O) groups excluding carboxylic acids is 1. The number of ether oxygens (including phenoxy) is 1. The smallest absolute Gasteiger partial charge is 0.246 e. The van der Waals surface area contributed by atoms with E-state index in [1.165, 1.54) is 11.1 Å². The Bertz CT molecular complexity index is 1210. The van der Waals surface area contributed by atoms with E-state index < -0.39 is 0 Å². The first-order valence-corrected chi connectivity index (χ1v) is 10.4. The van der Waals surface area contributed by atoms with Gasteiger partial charge in [-0.05, 0) is 53.5 Å². The van der Waals surface area contributed by atoms with Crippen molar-refractivity contribution >= 4 is 17.6 Å². The van der Waals surface area contributed by atoms with Crippen LogP contribution in [-0.4, -0.2) is 26.7 Å². The van der Waals surface area contributed by atoms with E-state index in [0.29, 0.717) is 13.2 Å². The van der Waals surface area contributed by atoms with Gasteiger partial charge in [0.1, 0.15) is 18.0 Å². The molecule has 4 aromatic rings. The Labute approximate surface area is 181 Å². The summed E-state index contributed by atoms with van der Waals surface area (Å²) >= 11 is 0. The Morgan fingerprint density at radius 2 is 1.81 bits per heavy atom. The lowest BCUT2D eigenvalue weighted by Crippen LogP contribution is -2.34. The van der Waals surface area contributed by atoms with Crippen LogP contribution in [0.3, 0.4) is 0 Å². The molecule has 2 aromatic carbocycles. The van der Waals surface area contributed by atoms with Gasteiger partial charge in [0.15, 0.2) is 0 Å². The zero-order chi connectivity index (χ0) is 21.0. The van der Waals surface area contributed by atoms with Crippen LogP contribution in [0.5, 0.6) is 5.75 Å². The second-order valence-corrected chi connectivity index (χ2v) is 7.67. The topological polar surface area (TPSA) is 46.8 Å². The van der Waals surface area contributed by atoms with E-state index in [9.17, 15) is 4.79 Å². The number of imidazole rings is 1. The first-order valence-electron chi connectivity index (χ1n) is 10.4.